The number of benzene rings is 1. The van der Waals surface area contributed by atoms with Crippen LogP contribution in [-0.4, -0.2) is 9.78 Å². The lowest BCUT2D eigenvalue weighted by molar-refractivity contribution is 0.608. The molecule has 0 aliphatic rings. The number of nitrogens with zero attached hydrogens (tertiary/aromatic N) is 2. The molecular weight excluding hydrogens is 229 g/mol. The summed E-state index contributed by atoms with van der Waals surface area (Å²) in [5, 5.41) is 4.29. The zero-order valence-corrected chi connectivity index (χ0v) is 10.9. The third-order valence-electron chi connectivity index (χ3n) is 3.16. The Morgan fingerprint density at radius 1 is 1.33 bits per heavy atom. The summed E-state index contributed by atoms with van der Waals surface area (Å²) in [6.45, 7) is 3.85. The molecule has 1 unspecified atom stereocenters. The van der Waals surface area contributed by atoms with E-state index in [0.717, 1.165) is 22.5 Å². The van der Waals surface area contributed by atoms with E-state index in [1.54, 1.807) is 10.7 Å². The Kier molecular flexibility index (Phi) is 3.48. The molecule has 1 aromatic heterocycles. The molecule has 0 bridgehead atoms. The fourth-order valence-electron chi connectivity index (χ4n) is 2.21. The topological polar surface area (TPSA) is 43.8 Å². The average molecular weight is 247 g/mol. The highest BCUT2D eigenvalue weighted by Gasteiger charge is 2.13. The molecule has 0 spiro atoms. The van der Waals surface area contributed by atoms with Gasteiger partial charge in [0.15, 0.2) is 0 Å². The first-order valence-corrected chi connectivity index (χ1v) is 5.98. The van der Waals surface area contributed by atoms with Crippen LogP contribution in [0.4, 0.5) is 4.39 Å². The molecule has 1 aromatic carbocycles. The lowest BCUT2D eigenvalue weighted by Gasteiger charge is -2.13. The molecule has 0 fully saturated rings. The van der Waals surface area contributed by atoms with Gasteiger partial charge in [0.25, 0.3) is 0 Å². The van der Waals surface area contributed by atoms with E-state index in [9.17, 15) is 4.39 Å². The Morgan fingerprint density at radius 2 is 2.06 bits per heavy atom. The number of halogens is 1. The van der Waals surface area contributed by atoms with E-state index < -0.39 is 0 Å². The number of aryl methyl sites for hydroxylation is 3. The van der Waals surface area contributed by atoms with E-state index in [1.807, 2.05) is 27.0 Å². The van der Waals surface area contributed by atoms with Crippen molar-refractivity contribution in [2.45, 2.75) is 26.3 Å². The minimum absolute atomic E-state index is 0.125. The fraction of sp³-hybridized carbons (Fsp3) is 0.357. The third-order valence-corrected chi connectivity index (χ3v) is 3.16. The van der Waals surface area contributed by atoms with Crippen LogP contribution in [0.5, 0.6) is 0 Å². The van der Waals surface area contributed by atoms with Crippen molar-refractivity contribution in [2.24, 2.45) is 12.8 Å². The smallest absolute Gasteiger partial charge is 0.123 e. The van der Waals surface area contributed by atoms with Crippen molar-refractivity contribution in [1.29, 1.82) is 0 Å². The van der Waals surface area contributed by atoms with Gasteiger partial charge in [0.2, 0.25) is 0 Å². The molecule has 0 saturated heterocycles. The van der Waals surface area contributed by atoms with Gasteiger partial charge >= 0.3 is 0 Å². The van der Waals surface area contributed by atoms with E-state index >= 15 is 0 Å². The Hall–Kier alpha value is -1.68. The predicted octanol–water partition coefficient (Wildman–Crippen LogP) is 2.42. The highest BCUT2D eigenvalue weighted by Crippen LogP contribution is 2.19. The average Bonchev–Trinajstić information content (AvgIpc) is 2.62. The van der Waals surface area contributed by atoms with Gasteiger partial charge in [0, 0.05) is 7.05 Å². The summed E-state index contributed by atoms with van der Waals surface area (Å²) in [7, 11) is 1.89. The number of nitrogens with two attached hydrogens (primary N) is 1. The van der Waals surface area contributed by atoms with Crippen LogP contribution in [0.1, 0.15) is 28.6 Å². The number of hydrogen-bond acceptors (Lipinski definition) is 2. The lowest BCUT2D eigenvalue weighted by atomic mass is 9.99. The third kappa shape index (κ3) is 2.59. The summed E-state index contributed by atoms with van der Waals surface area (Å²) in [6.07, 6.45) is 0.686. The molecule has 0 aliphatic carbocycles. The molecule has 1 atom stereocenters. The monoisotopic (exact) mass is 247 g/mol. The van der Waals surface area contributed by atoms with Crippen LogP contribution in [0.15, 0.2) is 24.3 Å². The zero-order chi connectivity index (χ0) is 13.3. The summed E-state index contributed by atoms with van der Waals surface area (Å²) in [5.41, 5.74) is 10.2. The molecule has 0 saturated carbocycles. The van der Waals surface area contributed by atoms with Gasteiger partial charge in [-0.05, 0) is 49.6 Å². The summed E-state index contributed by atoms with van der Waals surface area (Å²) in [6, 6.07) is 6.68. The van der Waals surface area contributed by atoms with Crippen LogP contribution in [-0.2, 0) is 13.5 Å². The van der Waals surface area contributed by atoms with Crippen molar-refractivity contribution in [2.75, 3.05) is 0 Å². The maximum absolute atomic E-state index is 13.0. The maximum Gasteiger partial charge on any atom is 0.123 e. The normalized spacial score (nSPS) is 12.7. The second kappa shape index (κ2) is 4.90. The zero-order valence-electron chi connectivity index (χ0n) is 10.9. The summed E-state index contributed by atoms with van der Waals surface area (Å²) >= 11 is 0. The van der Waals surface area contributed by atoms with Crippen LogP contribution < -0.4 is 5.73 Å². The van der Waals surface area contributed by atoms with Gasteiger partial charge in [-0.2, -0.15) is 5.10 Å². The molecule has 2 aromatic rings. The molecule has 2 rings (SSSR count). The second-order valence-electron chi connectivity index (χ2n) is 4.72. The first kappa shape index (κ1) is 12.8. The molecule has 96 valence electrons. The largest absolute Gasteiger partial charge is 0.322 e. The van der Waals surface area contributed by atoms with E-state index in [0.29, 0.717) is 6.42 Å². The fourth-order valence-corrected chi connectivity index (χ4v) is 2.21. The van der Waals surface area contributed by atoms with Crippen LogP contribution >= 0.6 is 0 Å². The molecule has 18 heavy (non-hydrogen) atoms. The van der Waals surface area contributed by atoms with Crippen LogP contribution in [0.25, 0.3) is 0 Å². The second-order valence-corrected chi connectivity index (χ2v) is 4.72. The quantitative estimate of drug-likeness (QED) is 0.905. The number of rotatable bonds is 3. The minimum atomic E-state index is -0.207. The van der Waals surface area contributed by atoms with Gasteiger partial charge in [0.05, 0.1) is 17.4 Å². The number of hydrogen-bond donors (Lipinski definition) is 1. The van der Waals surface area contributed by atoms with Crippen LogP contribution in [0.3, 0.4) is 0 Å². The molecule has 3 nitrogen and oxygen atoms in total. The van der Waals surface area contributed by atoms with Gasteiger partial charge < -0.3 is 5.73 Å². The maximum atomic E-state index is 13.0. The molecule has 0 amide bonds. The Labute approximate surface area is 106 Å². The summed E-state index contributed by atoms with van der Waals surface area (Å²) < 4.78 is 14.8. The van der Waals surface area contributed by atoms with Crippen LogP contribution in [0, 0.1) is 19.7 Å². The highest BCUT2D eigenvalue weighted by atomic mass is 19.1. The lowest BCUT2D eigenvalue weighted by Crippen LogP contribution is -2.17. The standard InChI is InChI=1S/C14H18FN3/c1-9-6-12(15)5-4-11(9)8-13(16)14-7-10(2)17-18(14)3/h4-7,13H,8,16H2,1-3H3. The van der Waals surface area contributed by atoms with Crippen molar-refractivity contribution in [3.63, 3.8) is 0 Å². The number of aromatic nitrogens is 2. The molecule has 2 N–H and O–H groups in total. The van der Waals surface area contributed by atoms with Crippen molar-refractivity contribution in [1.82, 2.24) is 9.78 Å². The van der Waals surface area contributed by atoms with Gasteiger partial charge in [-0.25, -0.2) is 4.39 Å². The van der Waals surface area contributed by atoms with E-state index in [4.69, 9.17) is 5.73 Å². The SMILES string of the molecule is Cc1cc(C(N)Cc2ccc(F)cc2C)n(C)n1. The van der Waals surface area contributed by atoms with Gasteiger partial charge in [-0.1, -0.05) is 6.07 Å². The van der Waals surface area contributed by atoms with Crippen molar-refractivity contribution in [3.8, 4) is 0 Å². The minimum Gasteiger partial charge on any atom is -0.322 e. The Balaban J connectivity index is 2.21. The Bertz CT molecular complexity index is 560. The molecule has 4 heteroatoms. The molecule has 0 radical (unpaired) electrons. The van der Waals surface area contributed by atoms with Gasteiger partial charge in [0.1, 0.15) is 5.82 Å². The van der Waals surface area contributed by atoms with E-state index in [-0.39, 0.29) is 11.9 Å². The highest BCUT2D eigenvalue weighted by molar-refractivity contribution is 5.28. The van der Waals surface area contributed by atoms with Gasteiger partial charge in [-0.15, -0.1) is 0 Å². The molecule has 1 heterocycles. The van der Waals surface area contributed by atoms with E-state index in [2.05, 4.69) is 5.10 Å². The van der Waals surface area contributed by atoms with E-state index in [1.165, 1.54) is 12.1 Å². The first-order valence-electron chi connectivity index (χ1n) is 5.98. The predicted molar refractivity (Wildman–Crippen MR) is 69.7 cm³/mol. The van der Waals surface area contributed by atoms with Gasteiger partial charge in [-0.3, -0.25) is 4.68 Å². The summed E-state index contributed by atoms with van der Waals surface area (Å²) in [4.78, 5) is 0. The first-order chi connectivity index (χ1) is 8.47. The van der Waals surface area contributed by atoms with Crippen molar-refractivity contribution < 1.29 is 4.39 Å². The Morgan fingerprint density at radius 3 is 2.61 bits per heavy atom. The van der Waals surface area contributed by atoms with Crippen molar-refractivity contribution in [3.05, 3.63) is 52.6 Å². The van der Waals surface area contributed by atoms with Crippen LogP contribution in [0.2, 0.25) is 0 Å². The summed E-state index contributed by atoms with van der Waals surface area (Å²) in [5.74, 6) is -0.207. The molecular formula is C14H18FN3. The molecule has 0 aliphatic heterocycles. The van der Waals surface area contributed by atoms with Crippen molar-refractivity contribution >= 4 is 0 Å².